The molecule has 158 valence electrons. The van der Waals surface area contributed by atoms with Gasteiger partial charge in [0.2, 0.25) is 0 Å². The van der Waals surface area contributed by atoms with Crippen LogP contribution in [-0.2, 0) is 16.1 Å². The lowest BCUT2D eigenvalue weighted by Gasteiger charge is -2.31. The van der Waals surface area contributed by atoms with Crippen molar-refractivity contribution >= 4 is 17.8 Å². The largest absolute Gasteiger partial charge is 0.358 e. The Kier molecular flexibility index (Phi) is 5.64. The van der Waals surface area contributed by atoms with E-state index in [4.69, 9.17) is 4.84 Å². The number of aryl methyl sites for hydroxylation is 2. The number of nitrogens with zero attached hydrogens (tertiary/aromatic N) is 2. The molecule has 0 saturated heterocycles. The van der Waals surface area contributed by atoms with E-state index in [9.17, 15) is 4.79 Å². The lowest BCUT2D eigenvalue weighted by molar-refractivity contribution is -0.137. The van der Waals surface area contributed by atoms with Crippen LogP contribution < -0.4 is 0 Å². The molecular weight excluding hydrogens is 384 g/mol. The van der Waals surface area contributed by atoms with E-state index in [-0.39, 0.29) is 5.41 Å². The van der Waals surface area contributed by atoms with Crippen molar-refractivity contribution in [3.05, 3.63) is 94.8 Å². The molecular formula is C27H28N2O2. The van der Waals surface area contributed by atoms with E-state index in [1.165, 1.54) is 17.3 Å². The molecule has 2 aromatic carbocycles. The summed E-state index contributed by atoms with van der Waals surface area (Å²) in [5.74, 6) is -0.476. The summed E-state index contributed by atoms with van der Waals surface area (Å²) in [6.07, 6.45) is 4.84. The Morgan fingerprint density at radius 3 is 2.45 bits per heavy atom. The SMILES string of the molecule is Cc1ccc(-n2c(C)cc3c2CC(C)(C)C/C3=N\OC(=O)/C=C/c2ccccc2)cc1. The van der Waals surface area contributed by atoms with Crippen LogP contribution in [-0.4, -0.2) is 16.2 Å². The predicted octanol–water partition coefficient (Wildman–Crippen LogP) is 6.03. The molecule has 0 fully saturated rings. The summed E-state index contributed by atoms with van der Waals surface area (Å²) < 4.78 is 2.29. The number of hydrogen-bond acceptors (Lipinski definition) is 3. The summed E-state index contributed by atoms with van der Waals surface area (Å²) in [6, 6.07) is 20.4. The first-order chi connectivity index (χ1) is 14.8. The highest BCUT2D eigenvalue weighted by atomic mass is 16.7. The van der Waals surface area contributed by atoms with Crippen molar-refractivity contribution in [1.29, 1.82) is 0 Å². The molecule has 0 bridgehead atoms. The third kappa shape index (κ3) is 4.69. The van der Waals surface area contributed by atoms with E-state index in [0.717, 1.165) is 41.1 Å². The fourth-order valence-electron chi connectivity index (χ4n) is 4.17. The smallest absolute Gasteiger partial charge is 0.318 e. The first-order valence-corrected chi connectivity index (χ1v) is 10.6. The van der Waals surface area contributed by atoms with Gasteiger partial charge in [-0.25, -0.2) is 4.79 Å². The molecule has 0 radical (unpaired) electrons. The molecule has 0 atom stereocenters. The fourth-order valence-corrected chi connectivity index (χ4v) is 4.17. The van der Waals surface area contributed by atoms with Gasteiger partial charge in [0.25, 0.3) is 0 Å². The first-order valence-electron chi connectivity index (χ1n) is 10.6. The quantitative estimate of drug-likeness (QED) is 0.298. The second kappa shape index (κ2) is 8.38. The van der Waals surface area contributed by atoms with Gasteiger partial charge in [0.05, 0.1) is 5.71 Å². The topological polar surface area (TPSA) is 43.6 Å². The van der Waals surface area contributed by atoms with Crippen molar-refractivity contribution < 1.29 is 9.63 Å². The zero-order valence-electron chi connectivity index (χ0n) is 18.6. The highest BCUT2D eigenvalue weighted by Gasteiger charge is 2.33. The van der Waals surface area contributed by atoms with Crippen molar-refractivity contribution in [1.82, 2.24) is 4.57 Å². The highest BCUT2D eigenvalue weighted by Crippen LogP contribution is 2.38. The summed E-state index contributed by atoms with van der Waals surface area (Å²) in [5, 5.41) is 4.30. The number of aromatic nitrogens is 1. The average Bonchev–Trinajstić information content (AvgIpc) is 3.06. The number of benzene rings is 2. The molecule has 0 saturated carbocycles. The van der Waals surface area contributed by atoms with Gasteiger partial charge >= 0.3 is 5.97 Å². The summed E-state index contributed by atoms with van der Waals surface area (Å²) in [5.41, 5.74) is 7.59. The standard InChI is InChI=1S/C27H28N2O2/c1-19-10-13-22(14-11-19)29-20(2)16-23-24(17-27(3,4)18-25(23)29)28-31-26(30)15-12-21-8-6-5-7-9-21/h5-16H,17-18H2,1-4H3/b15-12+,28-24+. The normalized spacial score (nSPS) is 16.5. The zero-order valence-corrected chi connectivity index (χ0v) is 18.6. The maximum atomic E-state index is 12.2. The molecule has 4 heteroatoms. The van der Waals surface area contributed by atoms with Crippen molar-refractivity contribution in [3.63, 3.8) is 0 Å². The number of hydrogen-bond donors (Lipinski definition) is 0. The molecule has 4 nitrogen and oxygen atoms in total. The summed E-state index contributed by atoms with van der Waals surface area (Å²) in [7, 11) is 0. The lowest BCUT2D eigenvalue weighted by atomic mass is 9.76. The number of fused-ring (bicyclic) bond motifs is 1. The highest BCUT2D eigenvalue weighted by molar-refractivity contribution is 6.03. The van der Waals surface area contributed by atoms with Crippen LogP contribution in [0.1, 0.15) is 48.3 Å². The second-order valence-electron chi connectivity index (χ2n) is 9.03. The third-order valence-electron chi connectivity index (χ3n) is 5.64. The van der Waals surface area contributed by atoms with Gasteiger partial charge in [-0.1, -0.05) is 67.0 Å². The van der Waals surface area contributed by atoms with Gasteiger partial charge in [-0.15, -0.1) is 0 Å². The lowest BCUT2D eigenvalue weighted by Crippen LogP contribution is -2.28. The Labute approximate surface area is 183 Å². The monoisotopic (exact) mass is 412 g/mol. The third-order valence-corrected chi connectivity index (χ3v) is 5.64. The van der Waals surface area contributed by atoms with Crippen LogP contribution in [0.3, 0.4) is 0 Å². The van der Waals surface area contributed by atoms with Crippen LogP contribution in [0.5, 0.6) is 0 Å². The summed E-state index contributed by atoms with van der Waals surface area (Å²) in [4.78, 5) is 17.5. The van der Waals surface area contributed by atoms with E-state index in [0.29, 0.717) is 0 Å². The predicted molar refractivity (Wildman–Crippen MR) is 125 cm³/mol. The van der Waals surface area contributed by atoms with E-state index in [2.05, 4.69) is 67.7 Å². The molecule has 31 heavy (non-hydrogen) atoms. The summed E-state index contributed by atoms with van der Waals surface area (Å²) >= 11 is 0. The van der Waals surface area contributed by atoms with E-state index in [1.54, 1.807) is 6.08 Å². The molecule has 1 heterocycles. The van der Waals surface area contributed by atoms with Crippen LogP contribution in [0.25, 0.3) is 11.8 Å². The Balaban J connectivity index is 1.63. The average molecular weight is 413 g/mol. The van der Waals surface area contributed by atoms with Gasteiger partial charge in [-0.05, 0) is 61.9 Å². The van der Waals surface area contributed by atoms with Crippen LogP contribution in [0.2, 0.25) is 0 Å². The van der Waals surface area contributed by atoms with Crippen molar-refractivity contribution in [2.75, 3.05) is 0 Å². The fraction of sp³-hybridized carbons (Fsp3) is 0.259. The van der Waals surface area contributed by atoms with Gasteiger partial charge in [-0.3, -0.25) is 0 Å². The van der Waals surface area contributed by atoms with Crippen LogP contribution in [0, 0.1) is 19.3 Å². The van der Waals surface area contributed by atoms with Gasteiger partial charge in [0.15, 0.2) is 0 Å². The van der Waals surface area contributed by atoms with E-state index in [1.807, 2.05) is 30.3 Å². The maximum Gasteiger partial charge on any atom is 0.358 e. The molecule has 4 rings (SSSR count). The molecule has 1 aliphatic carbocycles. The molecule has 1 aliphatic rings. The van der Waals surface area contributed by atoms with E-state index < -0.39 is 5.97 Å². The Bertz CT molecular complexity index is 1150. The van der Waals surface area contributed by atoms with E-state index >= 15 is 0 Å². The Hall–Kier alpha value is -3.40. The molecule has 0 aliphatic heterocycles. The maximum absolute atomic E-state index is 12.2. The second-order valence-corrected chi connectivity index (χ2v) is 9.03. The minimum Gasteiger partial charge on any atom is -0.318 e. The van der Waals surface area contributed by atoms with Gasteiger partial charge in [0.1, 0.15) is 0 Å². The minimum atomic E-state index is -0.476. The number of rotatable bonds is 4. The number of carbonyl (C=O) groups excluding carboxylic acids is 1. The molecule has 0 N–H and O–H groups in total. The molecule has 0 amide bonds. The van der Waals surface area contributed by atoms with Crippen molar-refractivity contribution in [3.8, 4) is 5.69 Å². The van der Waals surface area contributed by atoms with Crippen LogP contribution in [0.4, 0.5) is 0 Å². The molecule has 0 unspecified atom stereocenters. The minimum absolute atomic E-state index is 0.0192. The number of oxime groups is 1. The van der Waals surface area contributed by atoms with Crippen LogP contribution >= 0.6 is 0 Å². The van der Waals surface area contributed by atoms with Crippen molar-refractivity contribution in [2.24, 2.45) is 10.6 Å². The van der Waals surface area contributed by atoms with Crippen molar-refractivity contribution in [2.45, 2.75) is 40.5 Å². The summed E-state index contributed by atoms with van der Waals surface area (Å²) in [6.45, 7) is 8.66. The Morgan fingerprint density at radius 1 is 1.03 bits per heavy atom. The van der Waals surface area contributed by atoms with Crippen LogP contribution in [0.15, 0.2) is 71.9 Å². The van der Waals surface area contributed by atoms with Gasteiger partial charge < -0.3 is 9.40 Å². The molecule has 0 spiro atoms. The molecule has 3 aromatic rings. The van der Waals surface area contributed by atoms with Gasteiger partial charge in [0, 0.05) is 28.7 Å². The van der Waals surface area contributed by atoms with Gasteiger partial charge in [-0.2, -0.15) is 0 Å². The Morgan fingerprint density at radius 2 is 1.74 bits per heavy atom. The first kappa shape index (κ1) is 20.9. The zero-order chi connectivity index (χ0) is 22.0. The number of carbonyl (C=O) groups is 1. The molecule has 1 aromatic heterocycles.